The Morgan fingerprint density at radius 3 is 2.80 bits per heavy atom. The molecule has 1 aromatic heterocycles. The summed E-state index contributed by atoms with van der Waals surface area (Å²) in [6.45, 7) is 1.50. The molecule has 1 heterocycles. The first-order valence-corrected chi connectivity index (χ1v) is 8.15. The maximum atomic E-state index is 13.4. The number of nitrogens with one attached hydrogen (secondary N) is 2. The van der Waals surface area contributed by atoms with Gasteiger partial charge in [-0.05, 0) is 48.2 Å². The van der Waals surface area contributed by atoms with Gasteiger partial charge in [-0.25, -0.2) is 14.4 Å². The summed E-state index contributed by atoms with van der Waals surface area (Å²) in [6, 6.07) is 10.7. The van der Waals surface area contributed by atoms with Gasteiger partial charge in [-0.2, -0.15) is 0 Å². The van der Waals surface area contributed by atoms with Crippen molar-refractivity contribution < 1.29 is 9.18 Å². The SMILES string of the molecule is CC(=O)Nc1ccc2c(c1)CC(Nc1ncnc3cc(F)ccc13)C2. The zero-order valence-corrected chi connectivity index (χ0v) is 13.7. The summed E-state index contributed by atoms with van der Waals surface area (Å²) >= 11 is 0. The van der Waals surface area contributed by atoms with Crippen LogP contribution in [0.2, 0.25) is 0 Å². The van der Waals surface area contributed by atoms with Gasteiger partial charge in [0.05, 0.1) is 5.52 Å². The molecule has 3 aromatic rings. The number of rotatable bonds is 3. The third-order valence-corrected chi connectivity index (χ3v) is 4.40. The number of amides is 1. The summed E-state index contributed by atoms with van der Waals surface area (Å²) < 4.78 is 13.4. The molecule has 1 atom stereocenters. The quantitative estimate of drug-likeness (QED) is 0.770. The molecule has 1 aliphatic carbocycles. The molecule has 2 aromatic carbocycles. The average molecular weight is 336 g/mol. The molecule has 25 heavy (non-hydrogen) atoms. The minimum Gasteiger partial charge on any atom is -0.366 e. The van der Waals surface area contributed by atoms with Crippen LogP contribution in [-0.2, 0) is 17.6 Å². The van der Waals surface area contributed by atoms with E-state index in [9.17, 15) is 9.18 Å². The Bertz CT molecular complexity index is 973. The summed E-state index contributed by atoms with van der Waals surface area (Å²) in [5, 5.41) is 7.07. The van der Waals surface area contributed by atoms with Gasteiger partial charge in [0, 0.05) is 30.1 Å². The van der Waals surface area contributed by atoms with Gasteiger partial charge in [0.1, 0.15) is 18.0 Å². The highest BCUT2D eigenvalue weighted by Crippen LogP contribution is 2.28. The molecule has 126 valence electrons. The maximum Gasteiger partial charge on any atom is 0.221 e. The molecule has 0 spiro atoms. The van der Waals surface area contributed by atoms with Crippen molar-refractivity contribution >= 4 is 28.3 Å². The van der Waals surface area contributed by atoms with Crippen molar-refractivity contribution in [1.29, 1.82) is 0 Å². The number of anilines is 2. The van der Waals surface area contributed by atoms with Crippen LogP contribution < -0.4 is 10.6 Å². The van der Waals surface area contributed by atoms with Crippen LogP contribution in [0.1, 0.15) is 18.1 Å². The molecular formula is C19H17FN4O. The number of hydrogen-bond acceptors (Lipinski definition) is 4. The predicted octanol–water partition coefficient (Wildman–Crippen LogP) is 3.31. The lowest BCUT2D eigenvalue weighted by molar-refractivity contribution is -0.114. The van der Waals surface area contributed by atoms with Crippen LogP contribution in [-0.4, -0.2) is 21.9 Å². The summed E-state index contributed by atoms with van der Waals surface area (Å²) in [4.78, 5) is 19.6. The van der Waals surface area contributed by atoms with Gasteiger partial charge in [-0.15, -0.1) is 0 Å². The lowest BCUT2D eigenvalue weighted by atomic mass is 10.1. The van der Waals surface area contributed by atoms with Crippen LogP contribution in [0, 0.1) is 5.82 Å². The molecule has 4 rings (SSSR count). The van der Waals surface area contributed by atoms with Gasteiger partial charge in [0.25, 0.3) is 0 Å². The molecule has 1 aliphatic rings. The van der Waals surface area contributed by atoms with Crippen molar-refractivity contribution in [2.24, 2.45) is 0 Å². The molecule has 0 saturated heterocycles. The van der Waals surface area contributed by atoms with E-state index in [-0.39, 0.29) is 17.8 Å². The van der Waals surface area contributed by atoms with Crippen molar-refractivity contribution in [1.82, 2.24) is 9.97 Å². The van der Waals surface area contributed by atoms with Crippen LogP contribution in [0.3, 0.4) is 0 Å². The number of halogens is 1. The Kier molecular flexibility index (Phi) is 3.80. The second kappa shape index (κ2) is 6.12. The molecule has 0 fully saturated rings. The van der Waals surface area contributed by atoms with Gasteiger partial charge in [0.2, 0.25) is 5.91 Å². The predicted molar refractivity (Wildman–Crippen MR) is 95.1 cm³/mol. The molecular weight excluding hydrogens is 319 g/mol. The van der Waals surface area contributed by atoms with Crippen molar-refractivity contribution in [3.63, 3.8) is 0 Å². The first-order valence-electron chi connectivity index (χ1n) is 8.15. The van der Waals surface area contributed by atoms with Crippen LogP contribution in [0.4, 0.5) is 15.9 Å². The smallest absolute Gasteiger partial charge is 0.221 e. The highest BCUT2D eigenvalue weighted by molar-refractivity contribution is 5.89. The minimum atomic E-state index is -0.309. The summed E-state index contributed by atoms with van der Waals surface area (Å²) in [5.74, 6) is 0.327. The molecule has 5 nitrogen and oxygen atoms in total. The fourth-order valence-electron chi connectivity index (χ4n) is 3.34. The summed E-state index contributed by atoms with van der Waals surface area (Å²) in [6.07, 6.45) is 3.17. The fraction of sp³-hybridized carbons (Fsp3) is 0.211. The van der Waals surface area contributed by atoms with E-state index >= 15 is 0 Å². The third-order valence-electron chi connectivity index (χ3n) is 4.40. The highest BCUT2D eigenvalue weighted by atomic mass is 19.1. The number of nitrogens with zero attached hydrogens (tertiary/aromatic N) is 2. The summed E-state index contributed by atoms with van der Waals surface area (Å²) in [5.41, 5.74) is 3.87. The van der Waals surface area contributed by atoms with Crippen molar-refractivity contribution in [2.45, 2.75) is 25.8 Å². The largest absolute Gasteiger partial charge is 0.366 e. The Morgan fingerprint density at radius 1 is 1.12 bits per heavy atom. The molecule has 2 N–H and O–H groups in total. The lowest BCUT2D eigenvalue weighted by Gasteiger charge is -2.14. The zero-order valence-electron chi connectivity index (χ0n) is 13.7. The minimum absolute atomic E-state index is 0.0766. The van der Waals surface area contributed by atoms with Gasteiger partial charge in [-0.1, -0.05) is 6.07 Å². The standard InChI is InChI=1S/C19H17FN4O/c1-11(25)23-15-4-2-12-6-16(8-13(12)7-15)24-19-17-5-3-14(20)9-18(17)21-10-22-19/h2-5,7,9-10,16H,6,8H2,1H3,(H,23,25)(H,21,22,24). The monoisotopic (exact) mass is 336 g/mol. The van der Waals surface area contributed by atoms with Crippen LogP contribution in [0.15, 0.2) is 42.7 Å². The van der Waals surface area contributed by atoms with Gasteiger partial charge in [-0.3, -0.25) is 4.79 Å². The van der Waals surface area contributed by atoms with E-state index in [0.29, 0.717) is 11.3 Å². The number of benzene rings is 2. The van der Waals surface area contributed by atoms with Gasteiger partial charge < -0.3 is 10.6 Å². The van der Waals surface area contributed by atoms with E-state index < -0.39 is 0 Å². The number of hydrogen-bond donors (Lipinski definition) is 2. The van der Waals surface area contributed by atoms with Crippen LogP contribution in [0.5, 0.6) is 0 Å². The van der Waals surface area contributed by atoms with Gasteiger partial charge in [0.15, 0.2) is 0 Å². The Hall–Kier alpha value is -3.02. The fourth-order valence-corrected chi connectivity index (χ4v) is 3.34. The van der Waals surface area contributed by atoms with Crippen LogP contribution in [0.25, 0.3) is 10.9 Å². The first-order chi connectivity index (χ1) is 12.1. The molecule has 0 radical (unpaired) electrons. The van der Waals surface area contributed by atoms with E-state index in [2.05, 4.69) is 26.7 Å². The average Bonchev–Trinajstić information content (AvgIpc) is 2.95. The molecule has 1 amide bonds. The van der Waals surface area contributed by atoms with E-state index in [1.54, 1.807) is 6.07 Å². The lowest BCUT2D eigenvalue weighted by Crippen LogP contribution is -2.20. The Morgan fingerprint density at radius 2 is 1.96 bits per heavy atom. The topological polar surface area (TPSA) is 66.9 Å². The molecule has 6 heteroatoms. The number of carbonyl (C=O) groups is 1. The van der Waals surface area contributed by atoms with E-state index in [1.807, 2.05) is 12.1 Å². The molecule has 0 saturated carbocycles. The van der Waals surface area contributed by atoms with E-state index in [4.69, 9.17) is 0 Å². The molecule has 0 aliphatic heterocycles. The van der Waals surface area contributed by atoms with Crippen LogP contribution >= 0.6 is 0 Å². The maximum absolute atomic E-state index is 13.4. The summed E-state index contributed by atoms with van der Waals surface area (Å²) in [7, 11) is 0. The second-order valence-corrected chi connectivity index (χ2v) is 6.30. The van der Waals surface area contributed by atoms with Crippen molar-refractivity contribution in [3.8, 4) is 0 Å². The van der Waals surface area contributed by atoms with E-state index in [0.717, 1.165) is 23.9 Å². The highest BCUT2D eigenvalue weighted by Gasteiger charge is 2.22. The second-order valence-electron chi connectivity index (χ2n) is 6.30. The number of aromatic nitrogens is 2. The van der Waals surface area contributed by atoms with Gasteiger partial charge >= 0.3 is 0 Å². The number of fused-ring (bicyclic) bond motifs is 2. The Balaban J connectivity index is 1.56. The normalized spacial score (nSPS) is 15.8. The molecule has 1 unspecified atom stereocenters. The van der Waals surface area contributed by atoms with Crippen molar-refractivity contribution in [2.75, 3.05) is 10.6 Å². The van der Waals surface area contributed by atoms with E-state index in [1.165, 1.54) is 36.5 Å². The van der Waals surface area contributed by atoms with Crippen molar-refractivity contribution in [3.05, 3.63) is 59.7 Å². The Labute approximate surface area is 144 Å². The first kappa shape index (κ1) is 15.5. The zero-order chi connectivity index (χ0) is 17.4. The third kappa shape index (κ3) is 3.15. The molecule has 0 bridgehead atoms. The number of carbonyl (C=O) groups excluding carboxylic acids is 1.